The van der Waals surface area contributed by atoms with Crippen LogP contribution in [-0.2, 0) is 22.7 Å². The molecule has 0 aliphatic carbocycles. The summed E-state index contributed by atoms with van der Waals surface area (Å²) in [7, 11) is 0. The molecule has 2 aliphatic heterocycles. The van der Waals surface area contributed by atoms with E-state index in [1.165, 1.54) is 24.3 Å². The van der Waals surface area contributed by atoms with Crippen LogP contribution < -0.4 is 10.5 Å². The van der Waals surface area contributed by atoms with Crippen LogP contribution in [0.3, 0.4) is 0 Å². The van der Waals surface area contributed by atoms with Gasteiger partial charge in [0.05, 0.1) is 54.6 Å². The molecule has 0 unspecified atom stereocenters. The first kappa shape index (κ1) is 23.7. The molecule has 3 heterocycles. The lowest BCUT2D eigenvalue weighted by Gasteiger charge is -2.41. The van der Waals surface area contributed by atoms with Gasteiger partial charge in [0.2, 0.25) is 0 Å². The van der Waals surface area contributed by atoms with Crippen molar-refractivity contribution in [3.05, 3.63) is 63.7 Å². The first-order chi connectivity index (χ1) is 16.6. The highest BCUT2D eigenvalue weighted by molar-refractivity contribution is 6.34. The summed E-state index contributed by atoms with van der Waals surface area (Å²) >= 11 is 6.53. The number of anilines is 1. The Morgan fingerprint density at radius 2 is 1.86 bits per heavy atom. The summed E-state index contributed by atoms with van der Waals surface area (Å²) in [5, 5.41) is 0.963. The molecule has 2 aliphatic rings. The molecule has 1 saturated heterocycles. The fourth-order valence-corrected chi connectivity index (χ4v) is 4.84. The Kier molecular flexibility index (Phi) is 5.98. The van der Waals surface area contributed by atoms with Gasteiger partial charge < -0.3 is 24.8 Å². The lowest BCUT2D eigenvalue weighted by atomic mass is 9.98. The standard InChI is InChI=1S/C24H21ClF3N3O4/c1-12-8-33-11-21(13-2-4-14(5-3-13)35-24(26,27)28)31(12)23(32)16-6-15-17-9-34-10-18(17)22(29)30-20(15)7-19(16)25/h2-7,12,21H,8-11H2,1H3,(H2,29,30)/t12-,21-/m1/s1. The number of nitrogen functional groups attached to an aromatic ring is 1. The van der Waals surface area contributed by atoms with E-state index in [0.717, 1.165) is 16.5 Å². The lowest BCUT2D eigenvalue weighted by molar-refractivity contribution is -0.274. The van der Waals surface area contributed by atoms with Gasteiger partial charge in [-0.3, -0.25) is 4.79 Å². The van der Waals surface area contributed by atoms with Crippen molar-refractivity contribution in [2.24, 2.45) is 0 Å². The predicted octanol–water partition coefficient (Wildman–Crippen LogP) is 5.00. The summed E-state index contributed by atoms with van der Waals surface area (Å²) in [6.45, 7) is 3.05. The van der Waals surface area contributed by atoms with Crippen molar-refractivity contribution in [3.63, 3.8) is 0 Å². The number of pyridine rings is 1. The van der Waals surface area contributed by atoms with Gasteiger partial charge in [0.25, 0.3) is 5.91 Å². The molecule has 35 heavy (non-hydrogen) atoms. The number of morpholine rings is 1. The summed E-state index contributed by atoms with van der Waals surface area (Å²) in [5.74, 6) is -0.290. The first-order valence-corrected chi connectivity index (χ1v) is 11.2. The smallest absolute Gasteiger partial charge is 0.406 e. The quantitative estimate of drug-likeness (QED) is 0.537. The van der Waals surface area contributed by atoms with Crippen LogP contribution in [0.15, 0.2) is 36.4 Å². The van der Waals surface area contributed by atoms with Crippen molar-refractivity contribution in [2.45, 2.75) is 38.6 Å². The summed E-state index contributed by atoms with van der Waals surface area (Å²) in [6.07, 6.45) is -4.79. The molecule has 0 bridgehead atoms. The van der Waals surface area contributed by atoms with E-state index in [1.807, 2.05) is 6.92 Å². The highest BCUT2D eigenvalue weighted by atomic mass is 35.5. The Hall–Kier alpha value is -3.08. The Morgan fingerprint density at radius 1 is 1.14 bits per heavy atom. The lowest BCUT2D eigenvalue weighted by Crippen LogP contribution is -2.49. The zero-order valence-electron chi connectivity index (χ0n) is 18.6. The molecule has 0 radical (unpaired) electrons. The summed E-state index contributed by atoms with van der Waals surface area (Å²) in [6, 6.07) is 7.90. The maximum atomic E-state index is 13.8. The fraction of sp³-hybridized carbons (Fsp3) is 0.333. The Morgan fingerprint density at radius 3 is 2.57 bits per heavy atom. The maximum Gasteiger partial charge on any atom is 0.573 e. The van der Waals surface area contributed by atoms with Gasteiger partial charge in [-0.05, 0) is 42.3 Å². The molecule has 2 aromatic carbocycles. The highest BCUT2D eigenvalue weighted by Crippen LogP contribution is 2.36. The van der Waals surface area contributed by atoms with E-state index in [-0.39, 0.29) is 34.9 Å². The molecule has 184 valence electrons. The number of alkyl halides is 3. The average Bonchev–Trinajstić information content (AvgIpc) is 3.29. The van der Waals surface area contributed by atoms with Crippen LogP contribution in [-0.4, -0.2) is 41.4 Å². The number of benzene rings is 2. The van der Waals surface area contributed by atoms with Crippen LogP contribution in [0.5, 0.6) is 5.75 Å². The van der Waals surface area contributed by atoms with Crippen molar-refractivity contribution in [2.75, 3.05) is 18.9 Å². The summed E-state index contributed by atoms with van der Waals surface area (Å²) < 4.78 is 52.8. The number of ether oxygens (including phenoxy) is 3. The minimum atomic E-state index is -4.79. The number of fused-ring (bicyclic) bond motifs is 3. The topological polar surface area (TPSA) is 86.9 Å². The molecule has 3 aromatic rings. The van der Waals surface area contributed by atoms with Gasteiger partial charge in [-0.2, -0.15) is 0 Å². The number of hydrogen-bond acceptors (Lipinski definition) is 6. The van der Waals surface area contributed by atoms with Crippen LogP contribution in [0.4, 0.5) is 19.0 Å². The van der Waals surface area contributed by atoms with Gasteiger partial charge in [0.1, 0.15) is 11.6 Å². The van der Waals surface area contributed by atoms with Crippen molar-refractivity contribution >= 4 is 34.2 Å². The SMILES string of the molecule is C[C@@H]1COC[C@H](c2ccc(OC(F)(F)F)cc2)N1C(=O)c1cc2c3c(c(N)nc2cc1Cl)COC3. The number of carbonyl (C=O) groups excluding carboxylic acids is 1. The molecule has 1 fully saturated rings. The molecule has 7 nitrogen and oxygen atoms in total. The highest BCUT2D eigenvalue weighted by Gasteiger charge is 2.36. The Balaban J connectivity index is 1.51. The third-order valence-electron chi connectivity index (χ3n) is 6.23. The van der Waals surface area contributed by atoms with Crippen LogP contribution >= 0.6 is 11.6 Å². The number of nitrogens with zero attached hydrogens (tertiary/aromatic N) is 2. The molecular weight excluding hydrogens is 487 g/mol. The molecule has 0 saturated carbocycles. The largest absolute Gasteiger partial charge is 0.573 e. The second kappa shape index (κ2) is 8.85. The van der Waals surface area contributed by atoms with E-state index >= 15 is 0 Å². The maximum absolute atomic E-state index is 13.8. The number of aromatic nitrogens is 1. The van der Waals surface area contributed by atoms with Gasteiger partial charge in [0.15, 0.2) is 0 Å². The fourth-order valence-electron chi connectivity index (χ4n) is 4.60. The first-order valence-electron chi connectivity index (χ1n) is 10.9. The van der Waals surface area contributed by atoms with Crippen LogP contribution in [0.1, 0.15) is 40.0 Å². The van der Waals surface area contributed by atoms with Crippen molar-refractivity contribution < 1.29 is 32.2 Å². The third-order valence-corrected chi connectivity index (χ3v) is 6.54. The molecule has 5 rings (SSSR count). The second-order valence-electron chi connectivity index (χ2n) is 8.53. The molecule has 11 heteroatoms. The number of nitrogens with two attached hydrogens (primary N) is 1. The van der Waals surface area contributed by atoms with Gasteiger partial charge in [-0.15, -0.1) is 13.2 Å². The van der Waals surface area contributed by atoms with E-state index in [2.05, 4.69) is 9.72 Å². The van der Waals surface area contributed by atoms with Gasteiger partial charge in [0, 0.05) is 10.9 Å². The number of amides is 1. The van der Waals surface area contributed by atoms with E-state index in [4.69, 9.17) is 26.8 Å². The van der Waals surface area contributed by atoms with Crippen molar-refractivity contribution in [3.8, 4) is 5.75 Å². The molecule has 0 spiro atoms. The molecular formula is C24H21ClF3N3O4. The van der Waals surface area contributed by atoms with Gasteiger partial charge in [-0.25, -0.2) is 4.98 Å². The number of rotatable bonds is 3. The third kappa shape index (κ3) is 4.49. The second-order valence-corrected chi connectivity index (χ2v) is 8.93. The minimum absolute atomic E-state index is 0.183. The van der Waals surface area contributed by atoms with E-state index < -0.39 is 12.4 Å². The average molecular weight is 508 g/mol. The van der Waals surface area contributed by atoms with Crippen molar-refractivity contribution in [1.29, 1.82) is 0 Å². The van der Waals surface area contributed by atoms with Crippen LogP contribution in [0, 0.1) is 0 Å². The molecule has 1 amide bonds. The van der Waals surface area contributed by atoms with Crippen LogP contribution in [0.25, 0.3) is 10.9 Å². The minimum Gasteiger partial charge on any atom is -0.406 e. The summed E-state index contributed by atoms with van der Waals surface area (Å²) in [4.78, 5) is 19.9. The molecule has 2 N–H and O–H groups in total. The Bertz CT molecular complexity index is 1300. The monoisotopic (exact) mass is 507 g/mol. The van der Waals surface area contributed by atoms with E-state index in [9.17, 15) is 18.0 Å². The van der Waals surface area contributed by atoms with Gasteiger partial charge >= 0.3 is 6.36 Å². The Labute approximate surface area is 203 Å². The predicted molar refractivity (Wildman–Crippen MR) is 122 cm³/mol. The zero-order chi connectivity index (χ0) is 24.9. The molecule has 1 aromatic heterocycles. The summed E-state index contributed by atoms with van der Waals surface area (Å²) in [5.41, 5.74) is 9.20. The normalized spacial score (nSPS) is 20.2. The van der Waals surface area contributed by atoms with Crippen molar-refractivity contribution in [1.82, 2.24) is 9.88 Å². The number of carbonyl (C=O) groups is 1. The van der Waals surface area contributed by atoms with Crippen LogP contribution in [0.2, 0.25) is 5.02 Å². The number of hydrogen-bond donors (Lipinski definition) is 1. The zero-order valence-corrected chi connectivity index (χ0v) is 19.3. The molecule has 2 atom stereocenters. The van der Waals surface area contributed by atoms with E-state index in [1.54, 1.807) is 17.0 Å². The van der Waals surface area contributed by atoms with E-state index in [0.29, 0.717) is 36.7 Å². The number of halogens is 4. The van der Waals surface area contributed by atoms with Gasteiger partial charge in [-0.1, -0.05) is 23.7 Å².